The largest absolute Gasteiger partial charge is 0.490 e. The van der Waals surface area contributed by atoms with Gasteiger partial charge in [-0.1, -0.05) is 23.7 Å². The summed E-state index contributed by atoms with van der Waals surface area (Å²) in [5.74, 6) is -0.400. The first-order valence-electron chi connectivity index (χ1n) is 13.2. The van der Waals surface area contributed by atoms with E-state index in [4.69, 9.17) is 33.3 Å². The number of aromatic nitrogens is 2. The molecule has 41 heavy (non-hydrogen) atoms. The van der Waals surface area contributed by atoms with Gasteiger partial charge in [0.1, 0.15) is 12.4 Å². The first kappa shape index (κ1) is 28.6. The first-order valence-corrected chi connectivity index (χ1v) is 13.9. The highest BCUT2D eigenvalue weighted by atomic mass is 35.5. The first-order chi connectivity index (χ1) is 19.7. The van der Waals surface area contributed by atoms with Crippen LogP contribution in [0.1, 0.15) is 50.7 Å². The van der Waals surface area contributed by atoms with E-state index < -0.39 is 5.97 Å². The van der Waals surface area contributed by atoms with Gasteiger partial charge in [0.05, 0.1) is 35.0 Å². The maximum absolute atomic E-state index is 11.8. The van der Waals surface area contributed by atoms with Gasteiger partial charge in [0.15, 0.2) is 5.11 Å². The number of halogens is 1. The van der Waals surface area contributed by atoms with Crippen LogP contribution in [0.25, 0.3) is 5.69 Å². The van der Waals surface area contributed by atoms with Gasteiger partial charge in [0.2, 0.25) is 0 Å². The van der Waals surface area contributed by atoms with Gasteiger partial charge in [-0.05, 0) is 92.6 Å². The smallest absolute Gasteiger partial charge is 0.335 e. The summed E-state index contributed by atoms with van der Waals surface area (Å²) >= 11 is 12.6. The van der Waals surface area contributed by atoms with Crippen molar-refractivity contribution >= 4 is 40.6 Å². The van der Waals surface area contributed by atoms with Crippen molar-refractivity contribution in [1.82, 2.24) is 14.9 Å². The predicted octanol–water partition coefficient (Wildman–Crippen LogP) is 6.35. The number of anilines is 1. The number of nitrogens with zero attached hydrogens (tertiary/aromatic N) is 3. The van der Waals surface area contributed by atoms with E-state index in [0.29, 0.717) is 29.1 Å². The number of methoxy groups -OCH3 is 1. The number of nitrogens with one attached hydrogen (secondary N) is 1. The van der Waals surface area contributed by atoms with Crippen LogP contribution in [-0.4, -0.2) is 46.1 Å². The number of hydrogen-bond donors (Lipinski definition) is 2. The third-order valence-electron chi connectivity index (χ3n) is 7.32. The lowest BCUT2D eigenvalue weighted by atomic mass is 9.96. The minimum absolute atomic E-state index is 0.235. The van der Waals surface area contributed by atoms with Gasteiger partial charge in [0, 0.05) is 36.1 Å². The summed E-state index contributed by atoms with van der Waals surface area (Å²) in [6.07, 6.45) is 1.77. The lowest BCUT2D eigenvalue weighted by Gasteiger charge is -2.28. The van der Waals surface area contributed by atoms with Crippen molar-refractivity contribution in [3.05, 3.63) is 106 Å². The Kier molecular flexibility index (Phi) is 8.30. The van der Waals surface area contributed by atoms with Crippen LogP contribution in [0.15, 0.2) is 66.9 Å². The number of carboxylic acids is 1. The number of hydrogen-bond acceptors (Lipinski definition) is 5. The molecule has 0 unspecified atom stereocenters. The molecule has 2 atom stereocenters. The van der Waals surface area contributed by atoms with Gasteiger partial charge in [-0.2, -0.15) is 0 Å². The van der Waals surface area contributed by atoms with Crippen molar-refractivity contribution in [2.45, 2.75) is 32.9 Å². The van der Waals surface area contributed by atoms with E-state index in [1.807, 2.05) is 63.2 Å². The van der Waals surface area contributed by atoms with Gasteiger partial charge in [0.25, 0.3) is 0 Å². The zero-order valence-corrected chi connectivity index (χ0v) is 24.8. The third-order valence-corrected chi connectivity index (χ3v) is 7.93. The number of ether oxygens (including phenoxy) is 2. The molecule has 4 aromatic rings. The topological polar surface area (TPSA) is 88.9 Å². The molecule has 2 aromatic heterocycles. The second kappa shape index (κ2) is 11.9. The molecule has 2 aromatic carbocycles. The van der Waals surface area contributed by atoms with Crippen molar-refractivity contribution < 1.29 is 19.4 Å². The lowest BCUT2D eigenvalue weighted by Crippen LogP contribution is -2.29. The Bertz CT molecular complexity index is 1610. The van der Waals surface area contributed by atoms with Gasteiger partial charge in [-0.15, -0.1) is 0 Å². The van der Waals surface area contributed by atoms with Crippen molar-refractivity contribution in [2.75, 3.05) is 25.2 Å². The summed E-state index contributed by atoms with van der Waals surface area (Å²) in [5.41, 5.74) is 6.66. The molecule has 0 bridgehead atoms. The highest BCUT2D eigenvalue weighted by Gasteiger charge is 2.42. The third kappa shape index (κ3) is 5.53. The van der Waals surface area contributed by atoms with E-state index in [0.717, 1.165) is 39.6 Å². The fourth-order valence-electron chi connectivity index (χ4n) is 5.38. The number of aryl methyl sites for hydroxylation is 2. The number of thiocarbonyl (C=S) groups is 1. The molecule has 10 heteroatoms. The standard InChI is InChI=1S/C31H31ClN4O4S/c1-18-8-9-21(30(37)38)16-26(18)35-19(2)15-23(20(35)3)29-28(25-7-5-6-12-33-25)34-31(41)36(29)22-10-11-27(24(32)17-22)40-14-13-39-4/h5-12,15-17,28-29H,13-14H2,1-4H3,(H,34,41)(H,37,38)/t28-,29-/m0/s1. The number of pyridine rings is 1. The molecular formula is C31H31ClN4O4S. The minimum atomic E-state index is -0.966. The van der Waals surface area contributed by atoms with Crippen LogP contribution in [0, 0.1) is 20.8 Å². The van der Waals surface area contributed by atoms with E-state index >= 15 is 0 Å². The fraction of sp³-hybridized carbons (Fsp3) is 0.258. The average Bonchev–Trinajstić information content (AvgIpc) is 3.45. The fourth-order valence-corrected chi connectivity index (χ4v) is 5.96. The van der Waals surface area contributed by atoms with E-state index in [1.54, 1.807) is 25.4 Å². The van der Waals surface area contributed by atoms with Crippen molar-refractivity contribution in [3.63, 3.8) is 0 Å². The summed E-state index contributed by atoms with van der Waals surface area (Å²) in [6, 6.07) is 18.3. The second-order valence-electron chi connectivity index (χ2n) is 9.92. The van der Waals surface area contributed by atoms with Gasteiger partial charge >= 0.3 is 5.97 Å². The molecule has 3 heterocycles. The van der Waals surface area contributed by atoms with Crippen LogP contribution in [0.5, 0.6) is 5.75 Å². The van der Waals surface area contributed by atoms with Crippen molar-refractivity contribution in [1.29, 1.82) is 0 Å². The Morgan fingerprint density at radius 3 is 2.59 bits per heavy atom. The maximum atomic E-state index is 11.8. The number of rotatable bonds is 9. The van der Waals surface area contributed by atoms with E-state index in [1.165, 1.54) is 0 Å². The Balaban J connectivity index is 1.63. The number of aromatic carboxylic acids is 1. The normalized spacial score (nSPS) is 16.6. The zero-order chi connectivity index (χ0) is 29.3. The molecule has 1 aliphatic rings. The second-order valence-corrected chi connectivity index (χ2v) is 10.7. The molecule has 1 aliphatic heterocycles. The highest BCUT2D eigenvalue weighted by Crippen LogP contribution is 2.45. The summed E-state index contributed by atoms with van der Waals surface area (Å²) in [5, 5.41) is 14.1. The summed E-state index contributed by atoms with van der Waals surface area (Å²) in [4.78, 5) is 18.5. The Labute approximate surface area is 249 Å². The summed E-state index contributed by atoms with van der Waals surface area (Å²) < 4.78 is 13.0. The maximum Gasteiger partial charge on any atom is 0.335 e. The predicted molar refractivity (Wildman–Crippen MR) is 164 cm³/mol. The molecule has 0 aliphatic carbocycles. The SMILES string of the molecule is COCCOc1ccc(N2C(=S)N[C@@H](c3ccccn3)[C@@H]2c2cc(C)n(-c3cc(C(=O)O)ccc3C)c2C)cc1Cl. The molecule has 0 radical (unpaired) electrons. The summed E-state index contributed by atoms with van der Waals surface area (Å²) in [6.45, 7) is 6.89. The molecule has 1 fully saturated rings. The molecule has 1 saturated heterocycles. The zero-order valence-electron chi connectivity index (χ0n) is 23.2. The van der Waals surface area contributed by atoms with E-state index in [2.05, 4.69) is 25.8 Å². The summed E-state index contributed by atoms with van der Waals surface area (Å²) in [7, 11) is 1.62. The van der Waals surface area contributed by atoms with E-state index in [9.17, 15) is 9.90 Å². The molecule has 0 amide bonds. The Morgan fingerprint density at radius 2 is 1.90 bits per heavy atom. The van der Waals surface area contributed by atoms with Crippen molar-refractivity contribution in [2.24, 2.45) is 0 Å². The minimum Gasteiger partial charge on any atom is -0.490 e. The average molecular weight is 591 g/mol. The Morgan fingerprint density at radius 1 is 1.10 bits per heavy atom. The van der Waals surface area contributed by atoms with Crippen LogP contribution < -0.4 is 15.0 Å². The van der Waals surface area contributed by atoms with Crippen LogP contribution in [0.3, 0.4) is 0 Å². The van der Waals surface area contributed by atoms with Crippen LogP contribution >= 0.6 is 23.8 Å². The van der Waals surface area contributed by atoms with Crippen molar-refractivity contribution in [3.8, 4) is 11.4 Å². The Hall–Kier alpha value is -3.92. The number of carbonyl (C=O) groups is 1. The number of benzene rings is 2. The lowest BCUT2D eigenvalue weighted by molar-refractivity contribution is 0.0697. The van der Waals surface area contributed by atoms with Gasteiger partial charge in [-0.3, -0.25) is 4.98 Å². The van der Waals surface area contributed by atoms with Gasteiger partial charge < -0.3 is 29.4 Å². The molecule has 5 rings (SSSR count). The van der Waals surface area contributed by atoms with Crippen LogP contribution in [0.4, 0.5) is 5.69 Å². The van der Waals surface area contributed by atoms with E-state index in [-0.39, 0.29) is 17.6 Å². The highest BCUT2D eigenvalue weighted by molar-refractivity contribution is 7.80. The monoisotopic (exact) mass is 590 g/mol. The van der Waals surface area contributed by atoms with Crippen LogP contribution in [-0.2, 0) is 4.74 Å². The molecule has 8 nitrogen and oxygen atoms in total. The molecule has 0 saturated carbocycles. The molecule has 0 spiro atoms. The number of carboxylic acid groups (broad SMARTS) is 1. The molecular weight excluding hydrogens is 560 g/mol. The molecule has 212 valence electrons. The quantitative estimate of drug-likeness (QED) is 0.172. The van der Waals surface area contributed by atoms with Crippen LogP contribution in [0.2, 0.25) is 5.02 Å². The molecule has 2 N–H and O–H groups in total. The van der Waals surface area contributed by atoms with Gasteiger partial charge in [-0.25, -0.2) is 4.79 Å².